The number of hydrogen-bond acceptors (Lipinski definition) is 3. The van der Waals surface area contributed by atoms with Gasteiger partial charge in [-0.1, -0.05) is 0 Å². The van der Waals surface area contributed by atoms with Crippen LogP contribution in [-0.4, -0.2) is 49.0 Å². The Hall–Kier alpha value is -2.28. The minimum atomic E-state index is -0.0964. The molecule has 22 heavy (non-hydrogen) atoms. The van der Waals surface area contributed by atoms with Crippen LogP contribution in [0.15, 0.2) is 34.3 Å². The number of rotatable bonds is 3. The highest BCUT2D eigenvalue weighted by Gasteiger charge is 2.18. The maximum absolute atomic E-state index is 5.62. The predicted octanol–water partition coefficient (Wildman–Crippen LogP) is 0.437. The minimum absolute atomic E-state index is 0.0540. The second-order valence-corrected chi connectivity index (χ2v) is 5.64. The smallest absolute Gasteiger partial charge is 0.223 e. The molecule has 1 fully saturated rings. The third-order valence-corrected chi connectivity index (χ3v) is 3.75. The fourth-order valence-corrected chi connectivity index (χ4v) is 2.52. The van der Waals surface area contributed by atoms with E-state index < -0.39 is 0 Å². The van der Waals surface area contributed by atoms with Gasteiger partial charge in [-0.05, 0) is 38.1 Å². The van der Waals surface area contributed by atoms with Gasteiger partial charge in [-0.2, -0.15) is 4.99 Å². The number of nitrogens with zero attached hydrogens (tertiary/aromatic N) is 4. The molecule has 0 bridgehead atoms. The van der Waals surface area contributed by atoms with Crippen molar-refractivity contribution in [3.63, 3.8) is 0 Å². The highest BCUT2D eigenvalue weighted by molar-refractivity contribution is 5.93. The van der Waals surface area contributed by atoms with Crippen LogP contribution < -0.4 is 22.1 Å². The Bertz CT molecular complexity index is 536. The molecular weight excluding hydrogens is 278 g/mol. The quantitative estimate of drug-likeness (QED) is 0.554. The molecule has 0 unspecified atom stereocenters. The highest BCUT2D eigenvalue weighted by Crippen LogP contribution is 2.21. The molecule has 0 amide bonds. The van der Waals surface area contributed by atoms with Crippen molar-refractivity contribution >= 4 is 23.3 Å². The monoisotopic (exact) mass is 303 g/mol. The van der Waals surface area contributed by atoms with E-state index in [-0.39, 0.29) is 11.9 Å². The third-order valence-electron chi connectivity index (χ3n) is 3.75. The van der Waals surface area contributed by atoms with Gasteiger partial charge < -0.3 is 22.1 Å². The second kappa shape index (κ2) is 7.13. The molecule has 1 aliphatic heterocycles. The van der Waals surface area contributed by atoms with Crippen molar-refractivity contribution in [1.82, 2.24) is 4.90 Å². The summed E-state index contributed by atoms with van der Waals surface area (Å²) >= 11 is 0. The molecule has 1 aliphatic rings. The summed E-state index contributed by atoms with van der Waals surface area (Å²) in [6.07, 6.45) is 0. The predicted molar refractivity (Wildman–Crippen MR) is 92.5 cm³/mol. The van der Waals surface area contributed by atoms with Crippen molar-refractivity contribution < 1.29 is 0 Å². The van der Waals surface area contributed by atoms with Crippen molar-refractivity contribution in [3.05, 3.63) is 24.3 Å². The summed E-state index contributed by atoms with van der Waals surface area (Å²) in [5, 5.41) is 0. The molecule has 1 aromatic carbocycles. The van der Waals surface area contributed by atoms with Gasteiger partial charge in [0.05, 0.1) is 5.69 Å². The average molecular weight is 303 g/mol. The van der Waals surface area contributed by atoms with Gasteiger partial charge >= 0.3 is 0 Å². The summed E-state index contributed by atoms with van der Waals surface area (Å²) in [7, 11) is 0. The van der Waals surface area contributed by atoms with Gasteiger partial charge in [-0.15, -0.1) is 0 Å². The number of hydrogen-bond donors (Lipinski definition) is 3. The van der Waals surface area contributed by atoms with Crippen LogP contribution in [0.5, 0.6) is 0 Å². The Labute approximate surface area is 131 Å². The topological polar surface area (TPSA) is 109 Å². The summed E-state index contributed by atoms with van der Waals surface area (Å²) in [6, 6.07) is 8.54. The molecule has 7 nitrogen and oxygen atoms in total. The van der Waals surface area contributed by atoms with Crippen molar-refractivity contribution in [2.45, 2.75) is 19.9 Å². The minimum Gasteiger partial charge on any atom is -0.370 e. The van der Waals surface area contributed by atoms with Gasteiger partial charge in [0.2, 0.25) is 5.96 Å². The van der Waals surface area contributed by atoms with Gasteiger partial charge in [0, 0.05) is 37.9 Å². The zero-order valence-corrected chi connectivity index (χ0v) is 13.2. The van der Waals surface area contributed by atoms with Crippen LogP contribution in [0.3, 0.4) is 0 Å². The van der Waals surface area contributed by atoms with Crippen LogP contribution in [0.2, 0.25) is 0 Å². The molecule has 0 aliphatic carbocycles. The van der Waals surface area contributed by atoms with E-state index in [1.807, 2.05) is 24.3 Å². The van der Waals surface area contributed by atoms with Crippen LogP contribution >= 0.6 is 0 Å². The van der Waals surface area contributed by atoms with Crippen LogP contribution in [0.25, 0.3) is 0 Å². The molecule has 6 N–H and O–H groups in total. The number of benzene rings is 1. The Kier molecular flexibility index (Phi) is 5.21. The molecule has 1 heterocycles. The van der Waals surface area contributed by atoms with Crippen molar-refractivity contribution in [2.24, 2.45) is 27.2 Å². The van der Waals surface area contributed by atoms with E-state index in [1.54, 1.807) is 0 Å². The summed E-state index contributed by atoms with van der Waals surface area (Å²) in [6.45, 7) is 8.74. The van der Waals surface area contributed by atoms with Crippen LogP contribution in [0, 0.1) is 0 Å². The lowest BCUT2D eigenvalue weighted by molar-refractivity contribution is 0.209. The number of nitrogens with two attached hydrogens (primary N) is 3. The molecule has 0 spiro atoms. The summed E-state index contributed by atoms with van der Waals surface area (Å²) in [5.74, 6) is -0.0424. The molecule has 0 radical (unpaired) electrons. The molecular formula is C15H25N7. The highest BCUT2D eigenvalue weighted by atomic mass is 15.3. The van der Waals surface area contributed by atoms with Gasteiger partial charge in [0.1, 0.15) is 0 Å². The first-order valence-corrected chi connectivity index (χ1v) is 7.48. The lowest BCUT2D eigenvalue weighted by Gasteiger charge is -2.38. The van der Waals surface area contributed by atoms with E-state index in [2.05, 4.69) is 33.6 Å². The zero-order chi connectivity index (χ0) is 16.1. The summed E-state index contributed by atoms with van der Waals surface area (Å²) in [4.78, 5) is 12.7. The Balaban J connectivity index is 2.00. The molecule has 0 atom stereocenters. The lowest BCUT2D eigenvalue weighted by atomic mass is 10.2. The van der Waals surface area contributed by atoms with Crippen molar-refractivity contribution in [3.8, 4) is 0 Å². The SMILES string of the molecule is CC(C)N1CCN(c2ccc(N=C(N)N=C(N)N)cc2)CC1. The molecule has 0 aromatic heterocycles. The number of anilines is 1. The molecule has 1 aromatic rings. The Morgan fingerprint density at radius 1 is 1.00 bits per heavy atom. The number of aliphatic imine (C=N–C) groups is 2. The van der Waals surface area contributed by atoms with E-state index in [4.69, 9.17) is 17.2 Å². The first-order valence-electron chi connectivity index (χ1n) is 7.48. The maximum Gasteiger partial charge on any atom is 0.223 e. The number of guanidine groups is 2. The Morgan fingerprint density at radius 3 is 2.09 bits per heavy atom. The van der Waals surface area contributed by atoms with Crippen LogP contribution in [0.4, 0.5) is 11.4 Å². The lowest BCUT2D eigenvalue weighted by Crippen LogP contribution is -2.48. The van der Waals surface area contributed by atoms with Crippen LogP contribution in [0.1, 0.15) is 13.8 Å². The fraction of sp³-hybridized carbons (Fsp3) is 0.467. The molecule has 0 saturated carbocycles. The maximum atomic E-state index is 5.62. The van der Waals surface area contributed by atoms with Gasteiger partial charge in [0.15, 0.2) is 5.96 Å². The first-order chi connectivity index (χ1) is 10.5. The van der Waals surface area contributed by atoms with Gasteiger partial charge in [-0.25, -0.2) is 4.99 Å². The van der Waals surface area contributed by atoms with Gasteiger partial charge in [0.25, 0.3) is 0 Å². The first kappa shape index (κ1) is 16.1. The largest absolute Gasteiger partial charge is 0.370 e. The van der Waals surface area contributed by atoms with E-state index >= 15 is 0 Å². The molecule has 120 valence electrons. The second-order valence-electron chi connectivity index (χ2n) is 5.64. The molecule has 1 saturated heterocycles. The van der Waals surface area contributed by atoms with Crippen molar-refractivity contribution in [2.75, 3.05) is 31.1 Å². The van der Waals surface area contributed by atoms with Gasteiger partial charge in [-0.3, -0.25) is 4.90 Å². The van der Waals surface area contributed by atoms with Crippen LogP contribution in [-0.2, 0) is 0 Å². The summed E-state index contributed by atoms with van der Waals surface area (Å²) < 4.78 is 0. The van der Waals surface area contributed by atoms with E-state index in [9.17, 15) is 0 Å². The third kappa shape index (κ3) is 4.36. The summed E-state index contributed by atoms with van der Waals surface area (Å²) in [5.41, 5.74) is 18.1. The normalized spacial score (nSPS) is 16.9. The average Bonchev–Trinajstić information content (AvgIpc) is 2.47. The van der Waals surface area contributed by atoms with Crippen molar-refractivity contribution in [1.29, 1.82) is 0 Å². The standard InChI is InChI=1S/C15H25N7/c1-11(2)21-7-9-22(10-8-21)13-5-3-12(4-6-13)19-15(18)20-14(16)17/h3-6,11H,7-10H2,1-2H3,(H6,16,17,18,19,20). The fourth-order valence-electron chi connectivity index (χ4n) is 2.52. The molecule has 2 rings (SSSR count). The number of piperazine rings is 1. The van der Waals surface area contributed by atoms with E-state index in [1.165, 1.54) is 5.69 Å². The zero-order valence-electron chi connectivity index (χ0n) is 13.2. The van der Waals surface area contributed by atoms with E-state index in [0.29, 0.717) is 6.04 Å². The van der Waals surface area contributed by atoms with E-state index in [0.717, 1.165) is 31.9 Å². The molecule has 7 heteroatoms. The Morgan fingerprint density at radius 2 is 1.59 bits per heavy atom.